The fraction of sp³-hybridized carbons (Fsp3) is 0.231. The van der Waals surface area contributed by atoms with Crippen molar-refractivity contribution in [1.29, 1.82) is 0 Å². The Kier molecular flexibility index (Phi) is 5.39. The molecular formula is C13H13Cl2N3O. The maximum absolute atomic E-state index is 5.99. The highest BCUT2D eigenvalue weighted by atomic mass is 35.5. The SMILES string of the molecule is Clc1ccc(OCCNCc2cnccn2)c(Cl)c1. The van der Waals surface area contributed by atoms with Crippen molar-refractivity contribution < 1.29 is 4.74 Å². The molecule has 0 aliphatic heterocycles. The summed E-state index contributed by atoms with van der Waals surface area (Å²) < 4.78 is 5.54. The lowest BCUT2D eigenvalue weighted by atomic mass is 10.3. The highest BCUT2D eigenvalue weighted by molar-refractivity contribution is 6.35. The summed E-state index contributed by atoms with van der Waals surface area (Å²) in [5.74, 6) is 0.632. The minimum atomic E-state index is 0.515. The van der Waals surface area contributed by atoms with Gasteiger partial charge in [-0.3, -0.25) is 9.97 Å². The molecule has 0 spiro atoms. The van der Waals surface area contributed by atoms with Crippen LogP contribution in [0.15, 0.2) is 36.8 Å². The van der Waals surface area contributed by atoms with E-state index >= 15 is 0 Å². The first-order valence-electron chi connectivity index (χ1n) is 5.79. The molecule has 0 amide bonds. The van der Waals surface area contributed by atoms with Crippen molar-refractivity contribution in [3.8, 4) is 5.75 Å². The van der Waals surface area contributed by atoms with Gasteiger partial charge in [0.15, 0.2) is 0 Å². The van der Waals surface area contributed by atoms with E-state index in [4.69, 9.17) is 27.9 Å². The fourth-order valence-electron chi connectivity index (χ4n) is 1.46. The van der Waals surface area contributed by atoms with Gasteiger partial charge in [-0.2, -0.15) is 0 Å². The van der Waals surface area contributed by atoms with Gasteiger partial charge in [-0.05, 0) is 18.2 Å². The number of nitrogens with zero attached hydrogens (tertiary/aromatic N) is 2. The van der Waals surface area contributed by atoms with Gasteiger partial charge in [0, 0.05) is 36.7 Å². The molecule has 0 saturated carbocycles. The molecule has 0 radical (unpaired) electrons. The number of hydrogen-bond acceptors (Lipinski definition) is 4. The molecule has 0 aliphatic rings. The van der Waals surface area contributed by atoms with Gasteiger partial charge in [-0.15, -0.1) is 0 Å². The molecule has 1 N–H and O–H groups in total. The van der Waals surface area contributed by atoms with Crippen LogP contribution in [-0.4, -0.2) is 23.1 Å². The predicted octanol–water partition coefficient (Wildman–Crippen LogP) is 2.95. The second-order valence-electron chi connectivity index (χ2n) is 3.80. The summed E-state index contributed by atoms with van der Waals surface area (Å²) in [7, 11) is 0. The summed E-state index contributed by atoms with van der Waals surface area (Å²) in [6, 6.07) is 5.16. The molecule has 0 bridgehead atoms. The average molecular weight is 298 g/mol. The molecule has 1 aromatic carbocycles. The summed E-state index contributed by atoms with van der Waals surface area (Å²) in [6.45, 7) is 1.86. The third-order valence-electron chi connectivity index (χ3n) is 2.35. The minimum Gasteiger partial charge on any atom is -0.491 e. The van der Waals surface area contributed by atoms with E-state index in [1.165, 1.54) is 0 Å². The molecule has 1 heterocycles. The van der Waals surface area contributed by atoms with E-state index in [-0.39, 0.29) is 0 Å². The number of nitrogens with one attached hydrogen (secondary N) is 1. The van der Waals surface area contributed by atoms with E-state index in [0.717, 1.165) is 5.69 Å². The van der Waals surface area contributed by atoms with Crippen LogP contribution in [0.3, 0.4) is 0 Å². The molecular weight excluding hydrogens is 285 g/mol. The van der Waals surface area contributed by atoms with Gasteiger partial charge in [0.25, 0.3) is 0 Å². The number of halogens is 2. The van der Waals surface area contributed by atoms with E-state index in [1.807, 2.05) is 0 Å². The largest absolute Gasteiger partial charge is 0.491 e. The lowest BCUT2D eigenvalue weighted by molar-refractivity contribution is 0.313. The van der Waals surface area contributed by atoms with Crippen LogP contribution in [0.25, 0.3) is 0 Å². The number of rotatable bonds is 6. The van der Waals surface area contributed by atoms with Crippen LogP contribution < -0.4 is 10.1 Å². The summed E-state index contributed by atoms with van der Waals surface area (Å²) >= 11 is 11.8. The zero-order chi connectivity index (χ0) is 13.5. The van der Waals surface area contributed by atoms with E-state index < -0.39 is 0 Å². The van der Waals surface area contributed by atoms with Crippen molar-refractivity contribution >= 4 is 23.2 Å². The predicted molar refractivity (Wildman–Crippen MR) is 75.7 cm³/mol. The first-order valence-corrected chi connectivity index (χ1v) is 6.55. The van der Waals surface area contributed by atoms with Crippen LogP contribution in [-0.2, 0) is 6.54 Å². The van der Waals surface area contributed by atoms with Crippen LogP contribution in [0.1, 0.15) is 5.69 Å². The van der Waals surface area contributed by atoms with Crippen molar-refractivity contribution in [3.05, 3.63) is 52.5 Å². The molecule has 0 saturated heterocycles. The standard InChI is InChI=1S/C13H13Cl2N3O/c14-10-1-2-13(12(15)7-10)19-6-5-17-9-11-8-16-3-4-18-11/h1-4,7-8,17H,5-6,9H2. The smallest absolute Gasteiger partial charge is 0.138 e. The van der Waals surface area contributed by atoms with Gasteiger partial charge >= 0.3 is 0 Å². The third-order valence-corrected chi connectivity index (χ3v) is 2.88. The number of hydrogen-bond donors (Lipinski definition) is 1. The molecule has 0 unspecified atom stereocenters. The Labute approximate surface area is 121 Å². The molecule has 6 heteroatoms. The first-order chi connectivity index (χ1) is 9.25. The number of benzene rings is 1. The Balaban J connectivity index is 1.69. The minimum absolute atomic E-state index is 0.515. The third kappa shape index (κ3) is 4.67. The second-order valence-corrected chi connectivity index (χ2v) is 4.64. The van der Waals surface area contributed by atoms with E-state index in [2.05, 4.69) is 15.3 Å². The molecule has 0 fully saturated rings. The Morgan fingerprint density at radius 2 is 2.11 bits per heavy atom. The maximum atomic E-state index is 5.99. The Hall–Kier alpha value is -1.36. The van der Waals surface area contributed by atoms with Crippen molar-refractivity contribution in [1.82, 2.24) is 15.3 Å². The van der Waals surface area contributed by atoms with Gasteiger partial charge in [0.05, 0.1) is 10.7 Å². The first kappa shape index (κ1) is 14.1. The quantitative estimate of drug-likeness (QED) is 0.833. The summed E-state index contributed by atoms with van der Waals surface area (Å²) in [5, 5.41) is 4.32. The molecule has 1 aromatic heterocycles. The normalized spacial score (nSPS) is 10.4. The summed E-state index contributed by atoms with van der Waals surface area (Å²) in [5.41, 5.74) is 0.895. The molecule has 4 nitrogen and oxygen atoms in total. The Bertz CT molecular complexity index is 523. The van der Waals surface area contributed by atoms with Crippen molar-refractivity contribution in [3.63, 3.8) is 0 Å². The van der Waals surface area contributed by atoms with E-state index in [0.29, 0.717) is 35.5 Å². The molecule has 0 atom stereocenters. The monoisotopic (exact) mass is 297 g/mol. The average Bonchev–Trinajstić information content (AvgIpc) is 2.42. The Morgan fingerprint density at radius 3 is 2.84 bits per heavy atom. The molecule has 2 rings (SSSR count). The van der Waals surface area contributed by atoms with Crippen LogP contribution in [0, 0.1) is 0 Å². The molecule has 0 aliphatic carbocycles. The van der Waals surface area contributed by atoms with Crippen molar-refractivity contribution in [2.45, 2.75) is 6.54 Å². The summed E-state index contributed by atoms with van der Waals surface area (Å²) in [4.78, 5) is 8.14. The highest BCUT2D eigenvalue weighted by Gasteiger charge is 2.01. The summed E-state index contributed by atoms with van der Waals surface area (Å²) in [6.07, 6.45) is 5.04. The van der Waals surface area contributed by atoms with Gasteiger partial charge in [-0.1, -0.05) is 23.2 Å². The van der Waals surface area contributed by atoms with E-state index in [1.54, 1.807) is 36.8 Å². The zero-order valence-electron chi connectivity index (χ0n) is 10.1. The molecule has 100 valence electrons. The van der Waals surface area contributed by atoms with Gasteiger partial charge in [-0.25, -0.2) is 0 Å². The molecule has 19 heavy (non-hydrogen) atoms. The van der Waals surface area contributed by atoms with Gasteiger partial charge in [0.2, 0.25) is 0 Å². The molecule has 2 aromatic rings. The van der Waals surface area contributed by atoms with Gasteiger partial charge in [0.1, 0.15) is 12.4 Å². The second kappa shape index (κ2) is 7.28. The van der Waals surface area contributed by atoms with E-state index in [9.17, 15) is 0 Å². The van der Waals surface area contributed by atoms with Gasteiger partial charge < -0.3 is 10.1 Å². The zero-order valence-corrected chi connectivity index (χ0v) is 11.7. The number of aromatic nitrogens is 2. The van der Waals surface area contributed by atoms with Crippen LogP contribution >= 0.6 is 23.2 Å². The lowest BCUT2D eigenvalue weighted by Gasteiger charge is -2.08. The Morgan fingerprint density at radius 1 is 1.21 bits per heavy atom. The highest BCUT2D eigenvalue weighted by Crippen LogP contribution is 2.27. The topological polar surface area (TPSA) is 47.0 Å². The van der Waals surface area contributed by atoms with Crippen LogP contribution in [0.5, 0.6) is 5.75 Å². The van der Waals surface area contributed by atoms with Crippen LogP contribution in [0.2, 0.25) is 10.0 Å². The van der Waals surface area contributed by atoms with Crippen molar-refractivity contribution in [2.75, 3.05) is 13.2 Å². The van der Waals surface area contributed by atoms with Crippen molar-refractivity contribution in [2.24, 2.45) is 0 Å². The fourth-order valence-corrected chi connectivity index (χ4v) is 1.93. The maximum Gasteiger partial charge on any atom is 0.138 e. The number of ether oxygens (including phenoxy) is 1. The lowest BCUT2D eigenvalue weighted by Crippen LogP contribution is -2.21. The van der Waals surface area contributed by atoms with Crippen LogP contribution in [0.4, 0.5) is 0 Å².